The fourth-order valence-corrected chi connectivity index (χ4v) is 3.36. The Balaban J connectivity index is 2.06. The summed E-state index contributed by atoms with van der Waals surface area (Å²) in [5.74, 6) is -0.0323. The Bertz CT molecular complexity index is 644. The van der Waals surface area contributed by atoms with Gasteiger partial charge in [0.2, 0.25) is 0 Å². The number of hydrogen-bond donors (Lipinski definition) is 0. The third kappa shape index (κ3) is 6.50. The van der Waals surface area contributed by atoms with E-state index in [1.807, 2.05) is 13.0 Å². The van der Waals surface area contributed by atoms with Gasteiger partial charge in [0.25, 0.3) is 10.1 Å². The molecule has 1 aromatic rings. The van der Waals surface area contributed by atoms with E-state index in [-0.39, 0.29) is 5.92 Å². The minimum atomic E-state index is -3.64. The predicted octanol–water partition coefficient (Wildman–Crippen LogP) is 4.33. The highest BCUT2D eigenvalue weighted by atomic mass is 35.5. The molecule has 1 aliphatic heterocycles. The van der Waals surface area contributed by atoms with Gasteiger partial charge in [-0.1, -0.05) is 36.2 Å². The summed E-state index contributed by atoms with van der Waals surface area (Å²) in [5, 5.41) is 0.932. The molecule has 5 nitrogen and oxygen atoms in total. The van der Waals surface area contributed by atoms with Gasteiger partial charge in [-0.15, -0.1) is 0 Å². The van der Waals surface area contributed by atoms with Crippen LogP contribution < -0.4 is 0 Å². The van der Waals surface area contributed by atoms with Crippen molar-refractivity contribution in [3.63, 3.8) is 0 Å². The minimum Gasteiger partial charge on any atom is -0.353 e. The van der Waals surface area contributed by atoms with Crippen LogP contribution in [0.5, 0.6) is 0 Å². The molecule has 8 heteroatoms. The average Bonchev–Trinajstić information content (AvgIpc) is 2.49. The summed E-state index contributed by atoms with van der Waals surface area (Å²) in [6, 6.07) is 5.34. The molecule has 1 aliphatic rings. The normalized spacial score (nSPS) is 21.4. The monoisotopic (exact) mass is 396 g/mol. The van der Waals surface area contributed by atoms with Gasteiger partial charge in [0.15, 0.2) is 12.6 Å². The molecule has 0 aliphatic carbocycles. The van der Waals surface area contributed by atoms with Crippen molar-refractivity contribution < 1.29 is 22.1 Å². The van der Waals surface area contributed by atoms with E-state index in [1.165, 1.54) is 0 Å². The molecule has 0 spiro atoms. The van der Waals surface area contributed by atoms with Crippen LogP contribution in [0.1, 0.15) is 44.1 Å². The predicted molar refractivity (Wildman–Crippen MR) is 93.9 cm³/mol. The molecular formula is C16H22Cl2O5S. The fourth-order valence-electron chi connectivity index (χ4n) is 2.54. The Hall–Kier alpha value is -0.370. The highest BCUT2D eigenvalue weighted by molar-refractivity contribution is 7.86. The first-order valence-electron chi connectivity index (χ1n) is 7.85. The Morgan fingerprint density at radius 1 is 1.29 bits per heavy atom. The summed E-state index contributed by atoms with van der Waals surface area (Å²) in [6.07, 6.45) is 2.71. The van der Waals surface area contributed by atoms with E-state index in [2.05, 4.69) is 0 Å². The number of rotatable bonds is 7. The molecule has 0 bridgehead atoms. The van der Waals surface area contributed by atoms with Gasteiger partial charge in [-0.25, -0.2) is 4.18 Å². The standard InChI is InChI=1S/C16H22Cl2O5S/c1-11(12-6-7-13(17)14(18)10-12)9-16(23-24(2,19)20)22-15-5-3-4-8-21-15/h6-7,10-11,15-16H,3-5,8-9H2,1-2H3. The maximum Gasteiger partial charge on any atom is 0.266 e. The zero-order valence-electron chi connectivity index (χ0n) is 13.7. The Morgan fingerprint density at radius 2 is 2.04 bits per heavy atom. The summed E-state index contributed by atoms with van der Waals surface area (Å²) in [4.78, 5) is 0. The van der Waals surface area contributed by atoms with Crippen molar-refractivity contribution in [2.24, 2.45) is 0 Å². The summed E-state index contributed by atoms with van der Waals surface area (Å²) in [6.45, 7) is 2.56. The molecule has 1 aromatic carbocycles. The van der Waals surface area contributed by atoms with Gasteiger partial charge in [-0.2, -0.15) is 8.42 Å². The molecule has 136 valence electrons. The SMILES string of the molecule is CC(CC(OC1CCCCO1)OS(C)(=O)=O)c1ccc(Cl)c(Cl)c1. The first kappa shape index (κ1) is 19.9. The van der Waals surface area contributed by atoms with Crippen LogP contribution in [0.4, 0.5) is 0 Å². The summed E-state index contributed by atoms with van der Waals surface area (Å²) >= 11 is 12.0. The molecular weight excluding hydrogens is 375 g/mol. The number of halogens is 2. The van der Waals surface area contributed by atoms with Crippen molar-refractivity contribution in [2.75, 3.05) is 12.9 Å². The third-order valence-corrected chi connectivity index (χ3v) is 5.09. The highest BCUT2D eigenvalue weighted by Crippen LogP contribution is 2.30. The highest BCUT2D eigenvalue weighted by Gasteiger charge is 2.25. The molecule has 0 N–H and O–H groups in total. The zero-order valence-corrected chi connectivity index (χ0v) is 16.0. The van der Waals surface area contributed by atoms with Crippen LogP contribution in [0.3, 0.4) is 0 Å². The van der Waals surface area contributed by atoms with Gasteiger partial charge in [0.05, 0.1) is 16.3 Å². The van der Waals surface area contributed by atoms with Gasteiger partial charge >= 0.3 is 0 Å². The number of benzene rings is 1. The van der Waals surface area contributed by atoms with Crippen LogP contribution in [0.25, 0.3) is 0 Å². The second-order valence-corrected chi connectivity index (χ2v) is 8.39. The van der Waals surface area contributed by atoms with Crippen LogP contribution in [0, 0.1) is 0 Å². The van der Waals surface area contributed by atoms with Crippen LogP contribution in [-0.2, 0) is 23.8 Å². The van der Waals surface area contributed by atoms with Gasteiger partial charge < -0.3 is 9.47 Å². The smallest absolute Gasteiger partial charge is 0.266 e. The lowest BCUT2D eigenvalue weighted by Gasteiger charge is -2.28. The van der Waals surface area contributed by atoms with Crippen molar-refractivity contribution in [1.82, 2.24) is 0 Å². The molecule has 0 amide bonds. The van der Waals surface area contributed by atoms with Crippen molar-refractivity contribution in [3.05, 3.63) is 33.8 Å². The lowest BCUT2D eigenvalue weighted by atomic mass is 9.97. The molecule has 24 heavy (non-hydrogen) atoms. The lowest BCUT2D eigenvalue weighted by molar-refractivity contribution is -0.232. The Kier molecular flexibility index (Phi) is 7.34. The second-order valence-electron chi connectivity index (χ2n) is 5.97. The molecule has 1 fully saturated rings. The number of hydrogen-bond acceptors (Lipinski definition) is 5. The van der Waals surface area contributed by atoms with E-state index < -0.39 is 22.7 Å². The molecule has 1 heterocycles. The molecule has 3 unspecified atom stereocenters. The largest absolute Gasteiger partial charge is 0.353 e. The van der Waals surface area contributed by atoms with Crippen LogP contribution >= 0.6 is 23.2 Å². The Morgan fingerprint density at radius 3 is 2.62 bits per heavy atom. The van der Waals surface area contributed by atoms with E-state index in [4.69, 9.17) is 36.9 Å². The molecule has 0 aromatic heterocycles. The van der Waals surface area contributed by atoms with Crippen LogP contribution in [-0.4, -0.2) is 33.9 Å². The van der Waals surface area contributed by atoms with Gasteiger partial charge in [0.1, 0.15) is 0 Å². The van der Waals surface area contributed by atoms with E-state index in [0.29, 0.717) is 23.1 Å². The van der Waals surface area contributed by atoms with Gasteiger partial charge in [-0.3, -0.25) is 0 Å². The van der Waals surface area contributed by atoms with Crippen molar-refractivity contribution in [1.29, 1.82) is 0 Å². The molecule has 1 saturated heterocycles. The van der Waals surface area contributed by atoms with Crippen molar-refractivity contribution in [2.45, 2.75) is 51.1 Å². The molecule has 0 radical (unpaired) electrons. The average molecular weight is 397 g/mol. The molecule has 3 atom stereocenters. The molecule has 2 rings (SSSR count). The Labute approximate surface area is 153 Å². The van der Waals surface area contributed by atoms with Gasteiger partial charge in [0, 0.05) is 13.0 Å². The number of ether oxygens (including phenoxy) is 2. The maximum absolute atomic E-state index is 11.5. The second kappa shape index (κ2) is 8.83. The molecule has 0 saturated carbocycles. The topological polar surface area (TPSA) is 61.8 Å². The quantitative estimate of drug-likeness (QED) is 0.506. The lowest BCUT2D eigenvalue weighted by Crippen LogP contribution is -2.31. The third-order valence-electron chi connectivity index (χ3n) is 3.78. The summed E-state index contributed by atoms with van der Waals surface area (Å²) < 4.78 is 39.4. The van der Waals surface area contributed by atoms with E-state index in [1.54, 1.807) is 12.1 Å². The fraction of sp³-hybridized carbons (Fsp3) is 0.625. The first-order chi connectivity index (χ1) is 11.2. The van der Waals surface area contributed by atoms with Crippen molar-refractivity contribution >= 4 is 33.3 Å². The van der Waals surface area contributed by atoms with E-state index in [0.717, 1.165) is 31.1 Å². The first-order valence-corrected chi connectivity index (χ1v) is 10.4. The minimum absolute atomic E-state index is 0.0323. The van der Waals surface area contributed by atoms with E-state index >= 15 is 0 Å². The summed E-state index contributed by atoms with van der Waals surface area (Å²) in [5.41, 5.74) is 0.930. The zero-order chi connectivity index (χ0) is 17.7. The maximum atomic E-state index is 11.5. The summed E-state index contributed by atoms with van der Waals surface area (Å²) in [7, 11) is -3.64. The van der Waals surface area contributed by atoms with Crippen molar-refractivity contribution in [3.8, 4) is 0 Å². The van der Waals surface area contributed by atoms with Crippen LogP contribution in [0.15, 0.2) is 18.2 Å². The van der Waals surface area contributed by atoms with Crippen LogP contribution in [0.2, 0.25) is 10.0 Å². The van der Waals surface area contributed by atoms with Gasteiger partial charge in [-0.05, 0) is 42.9 Å². The van der Waals surface area contributed by atoms with E-state index in [9.17, 15) is 8.42 Å².